The molecule has 2 N–H and O–H groups in total. The quantitative estimate of drug-likeness (QED) is 0.673. The smallest absolute Gasteiger partial charge is 0.335 e. The van der Waals surface area contributed by atoms with Crippen LogP contribution in [0.15, 0.2) is 21.7 Å². The summed E-state index contributed by atoms with van der Waals surface area (Å²) < 4.78 is 36.5. The predicted octanol–water partition coefficient (Wildman–Crippen LogP) is 1.90. The van der Waals surface area contributed by atoms with Gasteiger partial charge in [0.05, 0.1) is 13.7 Å². The van der Waals surface area contributed by atoms with Gasteiger partial charge in [0.25, 0.3) is 10.0 Å². The van der Waals surface area contributed by atoms with Crippen LogP contribution in [-0.2, 0) is 21.2 Å². The van der Waals surface area contributed by atoms with Gasteiger partial charge < -0.3 is 9.47 Å². The number of aromatic nitrogens is 2. The Morgan fingerprint density at radius 3 is 2.80 bits per heavy atom. The average Bonchev–Trinajstić information content (AvgIpc) is 3.01. The number of methoxy groups -OCH3 is 2. The van der Waals surface area contributed by atoms with Gasteiger partial charge in [0.15, 0.2) is 0 Å². The molecule has 0 unspecified atom stereocenters. The van der Waals surface area contributed by atoms with Crippen molar-refractivity contribution in [3.63, 3.8) is 0 Å². The highest BCUT2D eigenvalue weighted by Crippen LogP contribution is 2.23. The number of hydrogen-bond donors (Lipinski definition) is 2. The standard InChI is InChI=1S/C13H15ClN4O5S2/c1-22-5-3-8-4-6-24-11(8)25(20,21)18-13(19)17-12-15-9(14)7-10(16-12)23-2/h4,6-7H,3,5H2,1-2H3,(H2,15,16,17,18,19). The number of thiophene rings is 1. The van der Waals surface area contributed by atoms with Crippen molar-refractivity contribution >= 4 is 44.9 Å². The van der Waals surface area contributed by atoms with E-state index in [2.05, 4.69) is 15.3 Å². The van der Waals surface area contributed by atoms with E-state index < -0.39 is 16.1 Å². The van der Waals surface area contributed by atoms with Gasteiger partial charge in [-0.25, -0.2) is 22.9 Å². The van der Waals surface area contributed by atoms with Crippen molar-refractivity contribution in [2.24, 2.45) is 0 Å². The third-order valence-electron chi connectivity index (χ3n) is 2.86. The molecule has 9 nitrogen and oxygen atoms in total. The fourth-order valence-electron chi connectivity index (χ4n) is 1.81. The van der Waals surface area contributed by atoms with Crippen molar-refractivity contribution in [3.05, 3.63) is 28.2 Å². The summed E-state index contributed by atoms with van der Waals surface area (Å²) in [5, 5.41) is 3.86. The Balaban J connectivity index is 2.11. The molecule has 25 heavy (non-hydrogen) atoms. The van der Waals surface area contributed by atoms with E-state index in [-0.39, 0.29) is 21.2 Å². The number of ether oxygens (including phenoxy) is 2. The average molecular weight is 407 g/mol. The highest BCUT2D eigenvalue weighted by Gasteiger charge is 2.23. The van der Waals surface area contributed by atoms with Crippen molar-refractivity contribution in [2.75, 3.05) is 26.1 Å². The lowest BCUT2D eigenvalue weighted by molar-refractivity contribution is 0.202. The number of nitrogens with one attached hydrogen (secondary N) is 2. The van der Waals surface area contributed by atoms with Crippen molar-refractivity contribution in [1.82, 2.24) is 14.7 Å². The summed E-state index contributed by atoms with van der Waals surface area (Å²) in [5.74, 6) is -0.0684. The Labute approximate surface area is 153 Å². The zero-order chi connectivity index (χ0) is 18.4. The summed E-state index contributed by atoms with van der Waals surface area (Å²) in [7, 11) is -1.16. The molecular formula is C13H15ClN4O5S2. The SMILES string of the molecule is COCCc1ccsc1S(=O)(=O)NC(=O)Nc1nc(Cl)cc(OC)n1. The molecule has 2 amide bonds. The normalized spacial score (nSPS) is 11.2. The number of sulfonamides is 1. The summed E-state index contributed by atoms with van der Waals surface area (Å²) in [6, 6.07) is 1.99. The molecule has 0 spiro atoms. The topological polar surface area (TPSA) is 120 Å². The molecule has 2 aromatic heterocycles. The molecule has 0 aromatic carbocycles. The van der Waals surface area contributed by atoms with Crippen molar-refractivity contribution < 1.29 is 22.7 Å². The van der Waals surface area contributed by atoms with Crippen LogP contribution in [0.3, 0.4) is 0 Å². The summed E-state index contributed by atoms with van der Waals surface area (Å²) in [5.41, 5.74) is 0.563. The Bertz CT molecular complexity index is 856. The van der Waals surface area contributed by atoms with Gasteiger partial charge in [0.1, 0.15) is 9.36 Å². The minimum absolute atomic E-state index is 0.0325. The number of carbonyl (C=O) groups is 1. The third kappa shape index (κ3) is 5.26. The van der Waals surface area contributed by atoms with Crippen molar-refractivity contribution in [1.29, 1.82) is 0 Å². The van der Waals surface area contributed by atoms with Crippen LogP contribution in [0, 0.1) is 0 Å². The van der Waals surface area contributed by atoms with Gasteiger partial charge in [0, 0.05) is 13.2 Å². The van der Waals surface area contributed by atoms with E-state index in [1.165, 1.54) is 20.3 Å². The van der Waals surface area contributed by atoms with Crippen LogP contribution in [0.1, 0.15) is 5.56 Å². The van der Waals surface area contributed by atoms with Crippen LogP contribution in [-0.4, -0.2) is 45.2 Å². The molecule has 2 rings (SSSR count). The Morgan fingerprint density at radius 2 is 2.12 bits per heavy atom. The van der Waals surface area contributed by atoms with Gasteiger partial charge in [-0.15, -0.1) is 11.3 Å². The second kappa shape index (κ2) is 8.43. The first-order valence-electron chi connectivity index (χ1n) is 6.83. The summed E-state index contributed by atoms with van der Waals surface area (Å²) in [4.78, 5) is 19.6. The van der Waals surface area contributed by atoms with Gasteiger partial charge in [-0.2, -0.15) is 4.98 Å². The molecule has 0 saturated carbocycles. The lowest BCUT2D eigenvalue weighted by Gasteiger charge is -2.09. The van der Waals surface area contributed by atoms with Gasteiger partial charge in [-0.3, -0.25) is 5.32 Å². The lowest BCUT2D eigenvalue weighted by atomic mass is 10.3. The van der Waals surface area contributed by atoms with Gasteiger partial charge in [-0.1, -0.05) is 11.6 Å². The van der Waals surface area contributed by atoms with E-state index in [1.807, 2.05) is 4.72 Å². The number of rotatable bonds is 7. The van der Waals surface area contributed by atoms with Crippen LogP contribution < -0.4 is 14.8 Å². The Morgan fingerprint density at radius 1 is 1.36 bits per heavy atom. The number of nitrogens with zero attached hydrogens (tertiary/aromatic N) is 2. The van der Waals surface area contributed by atoms with Gasteiger partial charge >= 0.3 is 6.03 Å². The van der Waals surface area contributed by atoms with E-state index in [0.29, 0.717) is 18.6 Å². The molecule has 2 aromatic rings. The summed E-state index contributed by atoms with van der Waals surface area (Å²) in [6.07, 6.45) is 0.409. The lowest BCUT2D eigenvalue weighted by Crippen LogP contribution is -2.35. The molecule has 0 fully saturated rings. The monoisotopic (exact) mass is 406 g/mol. The molecule has 0 saturated heterocycles. The molecule has 2 heterocycles. The fraction of sp³-hybridized carbons (Fsp3) is 0.308. The maximum absolute atomic E-state index is 12.4. The maximum atomic E-state index is 12.4. The highest BCUT2D eigenvalue weighted by atomic mass is 35.5. The Hall–Kier alpha value is -1.95. The highest BCUT2D eigenvalue weighted by molar-refractivity contribution is 7.92. The summed E-state index contributed by atoms with van der Waals surface area (Å²) in [6.45, 7) is 0.363. The van der Waals surface area contributed by atoms with Crippen LogP contribution >= 0.6 is 22.9 Å². The zero-order valence-corrected chi connectivity index (χ0v) is 15.7. The number of carbonyl (C=O) groups excluding carboxylic acids is 1. The zero-order valence-electron chi connectivity index (χ0n) is 13.3. The number of urea groups is 1. The minimum atomic E-state index is -4.04. The molecule has 0 aliphatic heterocycles. The Kier molecular flexibility index (Phi) is 6.53. The summed E-state index contributed by atoms with van der Waals surface area (Å²) >= 11 is 6.77. The maximum Gasteiger partial charge on any atom is 0.335 e. The van der Waals surface area contributed by atoms with Gasteiger partial charge in [-0.05, 0) is 23.4 Å². The minimum Gasteiger partial charge on any atom is -0.481 e. The molecular weight excluding hydrogens is 392 g/mol. The number of halogens is 1. The van der Waals surface area contributed by atoms with E-state index in [4.69, 9.17) is 21.1 Å². The van der Waals surface area contributed by atoms with Crippen LogP contribution in [0.5, 0.6) is 5.88 Å². The number of anilines is 1. The van der Waals surface area contributed by atoms with E-state index in [0.717, 1.165) is 11.3 Å². The number of amides is 2. The molecule has 0 bridgehead atoms. The second-order valence-corrected chi connectivity index (χ2v) is 7.77. The number of hydrogen-bond acceptors (Lipinski definition) is 8. The second-order valence-electron chi connectivity index (χ2n) is 4.59. The molecule has 0 atom stereocenters. The van der Waals surface area contributed by atoms with Crippen LogP contribution in [0.25, 0.3) is 0 Å². The van der Waals surface area contributed by atoms with Crippen molar-refractivity contribution in [3.8, 4) is 5.88 Å². The van der Waals surface area contributed by atoms with Crippen LogP contribution in [0.2, 0.25) is 5.15 Å². The largest absolute Gasteiger partial charge is 0.481 e. The van der Waals surface area contributed by atoms with E-state index >= 15 is 0 Å². The molecule has 0 aliphatic carbocycles. The molecule has 12 heteroatoms. The first-order chi connectivity index (χ1) is 11.9. The first-order valence-corrected chi connectivity index (χ1v) is 9.57. The van der Waals surface area contributed by atoms with Crippen LogP contribution in [0.4, 0.5) is 10.7 Å². The fourth-order valence-corrected chi connectivity index (χ4v) is 4.36. The van der Waals surface area contributed by atoms with Gasteiger partial charge in [0.2, 0.25) is 11.8 Å². The molecule has 0 aliphatic rings. The predicted molar refractivity (Wildman–Crippen MR) is 92.8 cm³/mol. The van der Waals surface area contributed by atoms with Crippen molar-refractivity contribution in [2.45, 2.75) is 10.6 Å². The first kappa shape index (κ1) is 19.4. The molecule has 0 radical (unpaired) electrons. The third-order valence-corrected chi connectivity index (χ3v) is 5.95. The molecule has 136 valence electrons. The van der Waals surface area contributed by atoms with E-state index in [9.17, 15) is 13.2 Å². The van der Waals surface area contributed by atoms with E-state index in [1.54, 1.807) is 11.4 Å².